The van der Waals surface area contributed by atoms with Gasteiger partial charge in [0.2, 0.25) is 10.0 Å². The molecule has 2 rings (SSSR count). The quantitative estimate of drug-likeness (QED) is 0.804. The molecule has 2 unspecified atom stereocenters. The third kappa shape index (κ3) is 2.58. The van der Waals surface area contributed by atoms with Crippen molar-refractivity contribution in [3.05, 3.63) is 24.0 Å². The number of nitrogens with one attached hydrogen (secondary N) is 1. The summed E-state index contributed by atoms with van der Waals surface area (Å²) in [4.78, 5) is -0.339. The van der Waals surface area contributed by atoms with Crippen molar-refractivity contribution < 1.29 is 12.8 Å². The Morgan fingerprint density at radius 1 is 1.53 bits per heavy atom. The zero-order chi connectivity index (χ0) is 12.6. The van der Waals surface area contributed by atoms with Gasteiger partial charge in [-0.3, -0.25) is 0 Å². The van der Waals surface area contributed by atoms with Crippen molar-refractivity contribution in [2.24, 2.45) is 5.92 Å². The van der Waals surface area contributed by atoms with Gasteiger partial charge in [-0.05, 0) is 30.5 Å². The molecule has 0 saturated heterocycles. The van der Waals surface area contributed by atoms with Gasteiger partial charge in [0.1, 0.15) is 10.7 Å². The Bertz CT molecular complexity index is 530. The Morgan fingerprint density at radius 2 is 2.24 bits per heavy atom. The number of sulfonamides is 1. The number of nitrogen functional groups attached to an aromatic ring is 1. The van der Waals surface area contributed by atoms with Crippen molar-refractivity contribution in [2.75, 3.05) is 5.73 Å². The molecule has 3 N–H and O–H groups in total. The lowest BCUT2D eigenvalue weighted by atomic mass is 10.3. The van der Waals surface area contributed by atoms with Crippen LogP contribution in [0.1, 0.15) is 19.8 Å². The standard InChI is InChI=1S/C11H15FN2O2S/c1-2-7-5-10(7)14-17(15,16)11-4-3-8(13)6-9(11)12/h3-4,6-7,10,14H,2,5,13H2,1H3. The van der Waals surface area contributed by atoms with Crippen molar-refractivity contribution in [3.8, 4) is 0 Å². The second kappa shape index (κ2) is 4.27. The number of benzene rings is 1. The van der Waals surface area contributed by atoms with Crippen LogP contribution in [-0.2, 0) is 10.0 Å². The van der Waals surface area contributed by atoms with Gasteiger partial charge in [-0.2, -0.15) is 0 Å². The molecule has 1 aliphatic rings. The van der Waals surface area contributed by atoms with E-state index in [0.717, 1.165) is 18.9 Å². The van der Waals surface area contributed by atoms with Crippen LogP contribution in [0.3, 0.4) is 0 Å². The van der Waals surface area contributed by atoms with Gasteiger partial charge in [0.15, 0.2) is 0 Å². The molecule has 1 aromatic carbocycles. The van der Waals surface area contributed by atoms with Gasteiger partial charge < -0.3 is 5.73 Å². The molecule has 1 aliphatic carbocycles. The van der Waals surface area contributed by atoms with Crippen LogP contribution in [0.5, 0.6) is 0 Å². The fraction of sp³-hybridized carbons (Fsp3) is 0.455. The highest BCUT2D eigenvalue weighted by Crippen LogP contribution is 2.34. The molecular weight excluding hydrogens is 243 g/mol. The Labute approximate surface area is 100 Å². The molecular formula is C11H15FN2O2S. The second-order valence-corrected chi connectivity index (χ2v) is 6.00. The minimum atomic E-state index is -3.77. The summed E-state index contributed by atoms with van der Waals surface area (Å²) in [6.45, 7) is 2.00. The minimum Gasteiger partial charge on any atom is -0.399 e. The van der Waals surface area contributed by atoms with Gasteiger partial charge in [0.05, 0.1) is 0 Å². The molecule has 1 saturated carbocycles. The van der Waals surface area contributed by atoms with E-state index in [1.54, 1.807) is 0 Å². The largest absolute Gasteiger partial charge is 0.399 e. The third-order valence-electron chi connectivity index (χ3n) is 3.00. The minimum absolute atomic E-state index is 0.0537. The van der Waals surface area contributed by atoms with Crippen LogP contribution in [0.2, 0.25) is 0 Å². The maximum Gasteiger partial charge on any atom is 0.243 e. The molecule has 0 bridgehead atoms. The maximum atomic E-state index is 13.5. The Kier molecular flexibility index (Phi) is 3.09. The first-order valence-electron chi connectivity index (χ1n) is 5.51. The molecule has 0 aliphatic heterocycles. The van der Waals surface area contributed by atoms with Crippen molar-refractivity contribution in [2.45, 2.75) is 30.7 Å². The van der Waals surface area contributed by atoms with Gasteiger partial charge in [-0.15, -0.1) is 0 Å². The molecule has 0 aromatic heterocycles. The highest BCUT2D eigenvalue weighted by atomic mass is 32.2. The van der Waals surface area contributed by atoms with Crippen LogP contribution >= 0.6 is 0 Å². The summed E-state index contributed by atoms with van der Waals surface area (Å²) in [5, 5.41) is 0. The maximum absolute atomic E-state index is 13.5. The van der Waals surface area contributed by atoms with Crippen LogP contribution < -0.4 is 10.5 Å². The third-order valence-corrected chi connectivity index (χ3v) is 4.52. The average Bonchev–Trinajstić information content (AvgIpc) is 2.94. The van der Waals surface area contributed by atoms with E-state index in [1.165, 1.54) is 12.1 Å². The molecule has 0 spiro atoms. The predicted molar refractivity (Wildman–Crippen MR) is 63.3 cm³/mol. The molecule has 0 heterocycles. The summed E-state index contributed by atoms with van der Waals surface area (Å²) in [7, 11) is -3.77. The second-order valence-electron chi connectivity index (χ2n) is 4.32. The van der Waals surface area contributed by atoms with Crippen LogP contribution in [0.4, 0.5) is 10.1 Å². The lowest BCUT2D eigenvalue weighted by molar-refractivity contribution is 0.554. The molecule has 0 amide bonds. The van der Waals surface area contributed by atoms with Gasteiger partial charge in [-0.25, -0.2) is 17.5 Å². The average molecular weight is 258 g/mol. The van der Waals surface area contributed by atoms with Crippen LogP contribution in [0.15, 0.2) is 23.1 Å². The van der Waals surface area contributed by atoms with E-state index in [1.807, 2.05) is 6.92 Å². The highest BCUT2D eigenvalue weighted by Gasteiger charge is 2.39. The summed E-state index contributed by atoms with van der Waals surface area (Å²) in [6, 6.07) is 3.53. The Balaban J connectivity index is 2.20. The summed E-state index contributed by atoms with van der Waals surface area (Å²) in [5.74, 6) is -0.437. The summed E-state index contributed by atoms with van der Waals surface area (Å²) >= 11 is 0. The molecule has 1 fully saturated rings. The fourth-order valence-corrected chi connectivity index (χ4v) is 3.22. The van der Waals surface area contributed by atoms with Crippen molar-refractivity contribution in [3.63, 3.8) is 0 Å². The topological polar surface area (TPSA) is 72.2 Å². The summed E-state index contributed by atoms with van der Waals surface area (Å²) < 4.78 is 39.8. The number of hydrogen-bond donors (Lipinski definition) is 2. The Hall–Kier alpha value is -1.14. The first-order chi connectivity index (χ1) is 7.94. The van der Waals surface area contributed by atoms with Gasteiger partial charge in [-0.1, -0.05) is 13.3 Å². The van der Waals surface area contributed by atoms with E-state index >= 15 is 0 Å². The van der Waals surface area contributed by atoms with Crippen LogP contribution in [-0.4, -0.2) is 14.5 Å². The molecule has 1 aromatic rings. The lowest BCUT2D eigenvalue weighted by Gasteiger charge is -2.07. The van der Waals surface area contributed by atoms with E-state index < -0.39 is 15.8 Å². The lowest BCUT2D eigenvalue weighted by Crippen LogP contribution is -2.27. The molecule has 94 valence electrons. The van der Waals surface area contributed by atoms with E-state index in [0.29, 0.717) is 5.92 Å². The molecule has 4 nitrogen and oxygen atoms in total. The number of anilines is 1. The SMILES string of the molecule is CCC1CC1NS(=O)(=O)c1ccc(N)cc1F. The van der Waals surface area contributed by atoms with Gasteiger partial charge in [0.25, 0.3) is 0 Å². The van der Waals surface area contributed by atoms with E-state index in [9.17, 15) is 12.8 Å². The zero-order valence-electron chi connectivity index (χ0n) is 9.48. The van der Waals surface area contributed by atoms with E-state index in [4.69, 9.17) is 5.73 Å². The number of rotatable bonds is 4. The fourth-order valence-electron chi connectivity index (χ4n) is 1.84. The van der Waals surface area contributed by atoms with Crippen molar-refractivity contribution >= 4 is 15.7 Å². The smallest absolute Gasteiger partial charge is 0.243 e. The van der Waals surface area contributed by atoms with Crippen molar-refractivity contribution in [1.29, 1.82) is 0 Å². The monoisotopic (exact) mass is 258 g/mol. The van der Waals surface area contributed by atoms with E-state index in [-0.39, 0.29) is 16.6 Å². The van der Waals surface area contributed by atoms with Gasteiger partial charge >= 0.3 is 0 Å². The van der Waals surface area contributed by atoms with Crippen LogP contribution in [0.25, 0.3) is 0 Å². The molecule has 0 radical (unpaired) electrons. The summed E-state index contributed by atoms with van der Waals surface area (Å²) in [6.07, 6.45) is 1.75. The van der Waals surface area contributed by atoms with E-state index in [2.05, 4.69) is 4.72 Å². The normalized spacial score (nSPS) is 23.6. The first kappa shape index (κ1) is 12.3. The van der Waals surface area contributed by atoms with Gasteiger partial charge in [0, 0.05) is 11.7 Å². The Morgan fingerprint density at radius 3 is 2.76 bits per heavy atom. The first-order valence-corrected chi connectivity index (χ1v) is 6.99. The molecule has 6 heteroatoms. The van der Waals surface area contributed by atoms with Crippen molar-refractivity contribution in [1.82, 2.24) is 4.72 Å². The number of nitrogens with two attached hydrogens (primary N) is 1. The molecule has 2 atom stereocenters. The zero-order valence-corrected chi connectivity index (χ0v) is 10.3. The van der Waals surface area contributed by atoms with Crippen LogP contribution in [0, 0.1) is 11.7 Å². The molecule has 17 heavy (non-hydrogen) atoms. The summed E-state index contributed by atoms with van der Waals surface area (Å²) in [5.41, 5.74) is 5.58. The number of halogens is 1. The predicted octanol–water partition coefficient (Wildman–Crippen LogP) is 1.48. The highest BCUT2D eigenvalue weighted by molar-refractivity contribution is 7.89. The number of hydrogen-bond acceptors (Lipinski definition) is 3.